The van der Waals surface area contributed by atoms with E-state index in [0.29, 0.717) is 16.3 Å². The number of nitrogens with two attached hydrogens (primary N) is 1. The van der Waals surface area contributed by atoms with Crippen LogP contribution in [0.3, 0.4) is 0 Å². The predicted octanol–water partition coefficient (Wildman–Crippen LogP) is 3.19. The fraction of sp³-hybridized carbons (Fsp3) is 0.429. The van der Waals surface area contributed by atoms with E-state index < -0.39 is 0 Å². The molecule has 6 heteroatoms. The number of carbonyl (C=O) groups excluding carboxylic acids is 1. The number of piperidine rings is 1. The number of carbonyl (C=O) groups is 1. The third-order valence-corrected chi connectivity index (χ3v) is 3.83. The molecule has 1 aliphatic heterocycles. The van der Waals surface area contributed by atoms with Crippen LogP contribution in [0.5, 0.6) is 0 Å². The highest BCUT2D eigenvalue weighted by Gasteiger charge is 2.18. The van der Waals surface area contributed by atoms with Crippen molar-refractivity contribution in [2.45, 2.75) is 19.3 Å². The maximum absolute atomic E-state index is 12.4. The number of amides is 1. The van der Waals surface area contributed by atoms with E-state index in [-0.39, 0.29) is 17.6 Å². The largest absolute Gasteiger partial charge is 0.386 e. The Balaban J connectivity index is 2.24. The fourth-order valence-electron chi connectivity index (χ4n) is 2.20. The van der Waals surface area contributed by atoms with Crippen LogP contribution in [0.1, 0.15) is 29.6 Å². The number of hydrogen-bond donors (Lipinski definition) is 1. The van der Waals surface area contributed by atoms with Crippen molar-refractivity contribution in [3.05, 3.63) is 28.8 Å². The van der Waals surface area contributed by atoms with Crippen LogP contribution in [0.15, 0.2) is 23.2 Å². The highest BCUT2D eigenvalue weighted by molar-refractivity contribution is 6.33. The van der Waals surface area contributed by atoms with Crippen LogP contribution in [-0.2, 0) is 0 Å². The van der Waals surface area contributed by atoms with Crippen molar-refractivity contribution in [3.63, 3.8) is 0 Å². The van der Waals surface area contributed by atoms with E-state index in [1.54, 1.807) is 18.2 Å². The lowest BCUT2D eigenvalue weighted by atomic mass is 10.1. The molecule has 1 aliphatic rings. The van der Waals surface area contributed by atoms with Gasteiger partial charge in [-0.25, -0.2) is 4.99 Å². The van der Waals surface area contributed by atoms with Gasteiger partial charge >= 0.3 is 0 Å². The molecule has 1 fully saturated rings. The van der Waals surface area contributed by atoms with Gasteiger partial charge in [0.2, 0.25) is 0 Å². The molecule has 1 heterocycles. The quantitative estimate of drug-likeness (QED) is 0.529. The van der Waals surface area contributed by atoms with Crippen molar-refractivity contribution >= 4 is 40.6 Å². The first kappa shape index (κ1) is 15.1. The molecule has 0 unspecified atom stereocenters. The van der Waals surface area contributed by atoms with Gasteiger partial charge in [-0.2, -0.15) is 0 Å². The highest BCUT2D eigenvalue weighted by Crippen LogP contribution is 2.27. The second-order valence-corrected chi connectivity index (χ2v) is 5.43. The number of benzene rings is 1. The summed E-state index contributed by atoms with van der Waals surface area (Å²) in [7, 11) is 0. The third kappa shape index (κ3) is 3.64. The van der Waals surface area contributed by atoms with Crippen molar-refractivity contribution in [1.82, 2.24) is 4.90 Å². The monoisotopic (exact) mass is 313 g/mol. The molecule has 108 valence electrons. The number of nitrogens with zero attached hydrogens (tertiary/aromatic N) is 2. The van der Waals surface area contributed by atoms with Gasteiger partial charge in [0.15, 0.2) is 0 Å². The van der Waals surface area contributed by atoms with Crippen molar-refractivity contribution in [2.24, 2.45) is 10.7 Å². The summed E-state index contributed by atoms with van der Waals surface area (Å²) in [4.78, 5) is 18.4. The Kier molecular flexibility index (Phi) is 5.26. The van der Waals surface area contributed by atoms with E-state index in [4.69, 9.17) is 28.9 Å². The topological polar surface area (TPSA) is 58.7 Å². The van der Waals surface area contributed by atoms with Crippen molar-refractivity contribution in [1.29, 1.82) is 0 Å². The molecule has 0 bridgehead atoms. The number of aliphatic imine (C=N–C) groups is 1. The van der Waals surface area contributed by atoms with Gasteiger partial charge in [0.25, 0.3) is 5.91 Å². The molecule has 0 spiro atoms. The second-order valence-electron chi connectivity index (χ2n) is 4.76. The summed E-state index contributed by atoms with van der Waals surface area (Å²) in [6, 6.07) is 5.05. The van der Waals surface area contributed by atoms with E-state index in [0.717, 1.165) is 25.9 Å². The number of amidine groups is 1. The number of likely N-dealkylation sites (tertiary alicyclic amines) is 1. The lowest BCUT2D eigenvalue weighted by Gasteiger charge is -2.26. The maximum Gasteiger partial charge on any atom is 0.253 e. The van der Waals surface area contributed by atoms with Crippen LogP contribution in [0, 0.1) is 0 Å². The Hall–Kier alpha value is -1.26. The molecular formula is C14H17Cl2N3O. The average Bonchev–Trinajstić information content (AvgIpc) is 2.49. The summed E-state index contributed by atoms with van der Waals surface area (Å²) in [5.74, 6) is 0.416. The van der Waals surface area contributed by atoms with Crippen molar-refractivity contribution in [2.75, 3.05) is 19.0 Å². The molecule has 1 aromatic carbocycles. The van der Waals surface area contributed by atoms with Gasteiger partial charge in [0.1, 0.15) is 5.84 Å². The molecule has 2 rings (SSSR count). The van der Waals surface area contributed by atoms with Crippen LogP contribution < -0.4 is 5.73 Å². The molecule has 1 saturated heterocycles. The number of rotatable bonds is 3. The second kappa shape index (κ2) is 6.95. The molecule has 2 N–H and O–H groups in total. The third-order valence-electron chi connectivity index (χ3n) is 3.24. The van der Waals surface area contributed by atoms with Crippen molar-refractivity contribution < 1.29 is 4.79 Å². The van der Waals surface area contributed by atoms with E-state index in [9.17, 15) is 4.79 Å². The minimum absolute atomic E-state index is 0.0160. The lowest BCUT2D eigenvalue weighted by Crippen LogP contribution is -2.35. The maximum atomic E-state index is 12.4. The Morgan fingerprint density at radius 2 is 2.00 bits per heavy atom. The minimum atomic E-state index is 0.0160. The van der Waals surface area contributed by atoms with Crippen LogP contribution in [-0.4, -0.2) is 35.6 Å². The molecule has 4 nitrogen and oxygen atoms in total. The Morgan fingerprint density at radius 1 is 1.30 bits per heavy atom. The molecule has 0 aromatic heterocycles. The predicted molar refractivity (Wildman–Crippen MR) is 83.2 cm³/mol. The smallest absolute Gasteiger partial charge is 0.253 e. The standard InChI is InChI=1S/C14H17Cl2N3O/c15-9-13(17)18-12-8-10(4-5-11(12)16)14(20)19-6-2-1-3-7-19/h4-5,8H,1-3,6-7,9H2,(H2,17,18). The van der Waals surface area contributed by atoms with Gasteiger partial charge in [0, 0.05) is 18.7 Å². The van der Waals surface area contributed by atoms with E-state index in [1.807, 2.05) is 4.90 Å². The summed E-state index contributed by atoms with van der Waals surface area (Å²) in [6.45, 7) is 1.62. The van der Waals surface area contributed by atoms with Crippen LogP contribution in [0.2, 0.25) is 5.02 Å². The summed E-state index contributed by atoms with van der Waals surface area (Å²) < 4.78 is 0. The van der Waals surface area contributed by atoms with Crippen molar-refractivity contribution in [3.8, 4) is 0 Å². The SMILES string of the molecule is NC(CCl)=Nc1cc(C(=O)N2CCCCC2)ccc1Cl. The first-order chi connectivity index (χ1) is 9.61. The molecule has 20 heavy (non-hydrogen) atoms. The zero-order valence-corrected chi connectivity index (χ0v) is 12.6. The number of alkyl halides is 1. The molecule has 0 radical (unpaired) electrons. The van der Waals surface area contributed by atoms with Crippen LogP contribution in [0.4, 0.5) is 5.69 Å². The Labute approximate surface area is 128 Å². The molecular weight excluding hydrogens is 297 g/mol. The van der Waals surface area contributed by atoms with Gasteiger partial charge < -0.3 is 10.6 Å². The van der Waals surface area contributed by atoms with Gasteiger partial charge in [-0.05, 0) is 37.5 Å². The fourth-order valence-corrected chi connectivity index (χ4v) is 2.42. The molecule has 0 atom stereocenters. The summed E-state index contributed by atoms with van der Waals surface area (Å²) in [6.07, 6.45) is 3.30. The molecule has 0 saturated carbocycles. The molecule has 1 aromatic rings. The van der Waals surface area contributed by atoms with E-state index in [2.05, 4.69) is 4.99 Å². The zero-order valence-electron chi connectivity index (χ0n) is 11.1. The van der Waals surface area contributed by atoms with Gasteiger partial charge in [-0.3, -0.25) is 4.79 Å². The summed E-state index contributed by atoms with van der Waals surface area (Å²) >= 11 is 11.7. The first-order valence-electron chi connectivity index (χ1n) is 6.59. The van der Waals surface area contributed by atoms with Gasteiger partial charge in [0.05, 0.1) is 16.6 Å². The Morgan fingerprint density at radius 3 is 2.65 bits per heavy atom. The lowest BCUT2D eigenvalue weighted by molar-refractivity contribution is 0.0724. The normalized spacial score (nSPS) is 16.3. The summed E-state index contributed by atoms with van der Waals surface area (Å²) in [5, 5.41) is 0.452. The Bertz CT molecular complexity index is 525. The van der Waals surface area contributed by atoms with Crippen LogP contribution in [0.25, 0.3) is 0 Å². The van der Waals surface area contributed by atoms with Gasteiger partial charge in [-0.1, -0.05) is 11.6 Å². The molecule has 0 aliphatic carbocycles. The van der Waals surface area contributed by atoms with Crippen LogP contribution >= 0.6 is 23.2 Å². The molecule has 1 amide bonds. The average molecular weight is 314 g/mol. The number of halogens is 2. The minimum Gasteiger partial charge on any atom is -0.386 e. The summed E-state index contributed by atoms with van der Waals surface area (Å²) in [5.41, 5.74) is 6.67. The highest BCUT2D eigenvalue weighted by atomic mass is 35.5. The van der Waals surface area contributed by atoms with E-state index in [1.165, 1.54) is 6.42 Å². The van der Waals surface area contributed by atoms with Gasteiger partial charge in [-0.15, -0.1) is 11.6 Å². The number of hydrogen-bond acceptors (Lipinski definition) is 2. The first-order valence-corrected chi connectivity index (χ1v) is 7.51. The van der Waals surface area contributed by atoms with E-state index >= 15 is 0 Å². The zero-order chi connectivity index (χ0) is 14.5.